The summed E-state index contributed by atoms with van der Waals surface area (Å²) in [6.07, 6.45) is 7.68. The molecule has 5 rings (SSSR count). The van der Waals surface area contributed by atoms with E-state index in [9.17, 15) is 4.79 Å². The summed E-state index contributed by atoms with van der Waals surface area (Å²) in [5, 5.41) is 2.94. The summed E-state index contributed by atoms with van der Waals surface area (Å²) in [7, 11) is 0. The van der Waals surface area contributed by atoms with Gasteiger partial charge in [-0.15, -0.1) is 11.3 Å². The van der Waals surface area contributed by atoms with Crippen molar-refractivity contribution >= 4 is 61.2 Å². The molecule has 0 atom stereocenters. The van der Waals surface area contributed by atoms with Gasteiger partial charge in [0.25, 0.3) is 0 Å². The summed E-state index contributed by atoms with van der Waals surface area (Å²) in [6.45, 7) is 6.26. The lowest BCUT2D eigenvalue weighted by Crippen LogP contribution is -2.29. The van der Waals surface area contributed by atoms with E-state index in [0.29, 0.717) is 11.7 Å². The summed E-state index contributed by atoms with van der Waals surface area (Å²) in [5.74, 6) is 1.08. The minimum atomic E-state index is 0.220. The number of pyridine rings is 1. The van der Waals surface area contributed by atoms with Gasteiger partial charge in [0.15, 0.2) is 5.16 Å². The predicted molar refractivity (Wildman–Crippen MR) is 127 cm³/mol. The number of hydrogen-bond donors (Lipinski definition) is 0. The SMILES string of the molecule is CSc1nc(SCC(=O)N2CCCC2)c2sc3nc(C(C)C)c4c(c3c2n1)CCC4. The molecule has 1 aliphatic heterocycles. The molecule has 0 bridgehead atoms. The van der Waals surface area contributed by atoms with Gasteiger partial charge in [0, 0.05) is 24.2 Å². The molecule has 8 heteroatoms. The predicted octanol–water partition coefficient (Wildman–Crippen LogP) is 5.29. The molecule has 3 aromatic rings. The molecule has 0 spiro atoms. The Hall–Kier alpha value is -1.38. The summed E-state index contributed by atoms with van der Waals surface area (Å²) in [4.78, 5) is 30.5. The molecule has 30 heavy (non-hydrogen) atoms. The van der Waals surface area contributed by atoms with Crippen molar-refractivity contribution in [2.75, 3.05) is 25.1 Å². The first kappa shape index (κ1) is 20.5. The summed E-state index contributed by atoms with van der Waals surface area (Å²) < 4.78 is 1.09. The van der Waals surface area contributed by atoms with Crippen LogP contribution in [0.5, 0.6) is 0 Å². The highest BCUT2D eigenvalue weighted by Crippen LogP contribution is 2.43. The number of thioether (sulfide) groups is 2. The number of likely N-dealkylation sites (tertiary alicyclic amines) is 1. The van der Waals surface area contributed by atoms with Gasteiger partial charge in [-0.2, -0.15) is 0 Å². The lowest BCUT2D eigenvalue weighted by Gasteiger charge is -2.14. The van der Waals surface area contributed by atoms with Gasteiger partial charge in [0.05, 0.1) is 16.0 Å². The van der Waals surface area contributed by atoms with Gasteiger partial charge in [-0.3, -0.25) is 4.79 Å². The van der Waals surface area contributed by atoms with E-state index >= 15 is 0 Å². The molecule has 158 valence electrons. The second-order valence-electron chi connectivity index (χ2n) is 8.31. The average Bonchev–Trinajstić information content (AvgIpc) is 3.49. The number of rotatable bonds is 5. The normalized spacial score (nSPS) is 16.3. The fourth-order valence-corrected chi connectivity index (χ4v) is 7.19. The first-order valence-corrected chi connectivity index (χ1v) is 13.7. The molecule has 0 unspecified atom stereocenters. The molecule has 2 aliphatic rings. The average molecular weight is 459 g/mol. The minimum absolute atomic E-state index is 0.220. The van der Waals surface area contributed by atoms with Crippen LogP contribution in [0.25, 0.3) is 20.4 Å². The van der Waals surface area contributed by atoms with Gasteiger partial charge in [-0.25, -0.2) is 15.0 Å². The number of amides is 1. The smallest absolute Gasteiger partial charge is 0.232 e. The molecule has 0 N–H and O–H groups in total. The fraction of sp³-hybridized carbons (Fsp3) is 0.545. The fourth-order valence-electron chi connectivity index (χ4n) is 4.61. The van der Waals surface area contributed by atoms with E-state index in [1.165, 1.54) is 28.6 Å². The van der Waals surface area contributed by atoms with Crippen molar-refractivity contribution in [2.24, 2.45) is 0 Å². The van der Waals surface area contributed by atoms with E-state index in [4.69, 9.17) is 15.0 Å². The maximum absolute atomic E-state index is 12.6. The third-order valence-corrected chi connectivity index (χ3v) is 8.75. The zero-order valence-corrected chi connectivity index (χ0v) is 20.1. The summed E-state index contributed by atoms with van der Waals surface area (Å²) in [6, 6.07) is 0. The first-order chi connectivity index (χ1) is 14.6. The topological polar surface area (TPSA) is 59.0 Å². The van der Waals surface area contributed by atoms with Crippen LogP contribution in [0.1, 0.15) is 55.8 Å². The molecule has 1 fully saturated rings. The Kier molecular flexibility index (Phi) is 5.66. The Labute approximate surface area is 189 Å². The molecule has 5 nitrogen and oxygen atoms in total. The first-order valence-electron chi connectivity index (χ1n) is 10.7. The largest absolute Gasteiger partial charge is 0.342 e. The van der Waals surface area contributed by atoms with Crippen molar-refractivity contribution in [1.29, 1.82) is 0 Å². The third kappa shape index (κ3) is 3.50. The van der Waals surface area contributed by atoms with Gasteiger partial charge in [0.2, 0.25) is 5.91 Å². The summed E-state index contributed by atoms with van der Waals surface area (Å²) >= 11 is 4.82. The van der Waals surface area contributed by atoms with Gasteiger partial charge in [-0.05, 0) is 55.4 Å². The van der Waals surface area contributed by atoms with E-state index in [2.05, 4.69) is 13.8 Å². The van der Waals surface area contributed by atoms with Crippen LogP contribution in [-0.4, -0.2) is 50.9 Å². The standard InChI is InChI=1S/C22H26N4OS3/c1-12(2)17-14-8-6-7-13(14)16-18-19(30-20(16)23-17)21(25-22(24-18)28-3)29-11-15(27)26-9-4-5-10-26/h12H,4-11H2,1-3H3. The molecule has 1 saturated heterocycles. The van der Waals surface area contributed by atoms with Crippen LogP contribution in [0.3, 0.4) is 0 Å². The molecular weight excluding hydrogens is 432 g/mol. The Morgan fingerprint density at radius 1 is 1.10 bits per heavy atom. The Balaban J connectivity index is 1.61. The maximum atomic E-state index is 12.6. The van der Waals surface area contributed by atoms with E-state index in [1.54, 1.807) is 34.9 Å². The molecule has 0 saturated carbocycles. The highest BCUT2D eigenvalue weighted by molar-refractivity contribution is 8.00. The zero-order valence-electron chi connectivity index (χ0n) is 17.7. The van der Waals surface area contributed by atoms with Crippen LogP contribution in [-0.2, 0) is 17.6 Å². The zero-order chi connectivity index (χ0) is 20.8. The van der Waals surface area contributed by atoms with Crippen LogP contribution in [0.15, 0.2) is 10.2 Å². The van der Waals surface area contributed by atoms with Gasteiger partial charge in [-0.1, -0.05) is 37.4 Å². The van der Waals surface area contributed by atoms with Crippen LogP contribution in [0.2, 0.25) is 0 Å². The monoisotopic (exact) mass is 458 g/mol. The highest BCUT2D eigenvalue weighted by atomic mass is 32.2. The molecule has 0 radical (unpaired) electrons. The van der Waals surface area contributed by atoms with Crippen molar-refractivity contribution in [1.82, 2.24) is 19.9 Å². The molecule has 1 aliphatic carbocycles. The number of carbonyl (C=O) groups excluding carboxylic acids is 1. The quantitative estimate of drug-likeness (QED) is 0.294. The van der Waals surface area contributed by atoms with Crippen molar-refractivity contribution in [3.05, 3.63) is 16.8 Å². The van der Waals surface area contributed by atoms with Crippen LogP contribution in [0.4, 0.5) is 0 Å². The van der Waals surface area contributed by atoms with Gasteiger partial charge >= 0.3 is 0 Å². The van der Waals surface area contributed by atoms with E-state index in [-0.39, 0.29) is 5.91 Å². The number of aryl methyl sites for hydroxylation is 1. The van der Waals surface area contributed by atoms with Crippen LogP contribution >= 0.6 is 34.9 Å². The number of fused-ring (bicyclic) bond motifs is 5. The summed E-state index contributed by atoms with van der Waals surface area (Å²) in [5.41, 5.74) is 5.18. The highest BCUT2D eigenvalue weighted by Gasteiger charge is 2.26. The third-order valence-electron chi connectivity index (χ3n) is 6.03. The molecular formula is C22H26N4OS3. The maximum Gasteiger partial charge on any atom is 0.232 e. The number of aromatic nitrogens is 3. The minimum Gasteiger partial charge on any atom is -0.342 e. The molecule has 0 aromatic carbocycles. The second kappa shape index (κ2) is 8.28. The van der Waals surface area contributed by atoms with Crippen molar-refractivity contribution < 1.29 is 4.79 Å². The number of hydrogen-bond acceptors (Lipinski definition) is 7. The lowest BCUT2D eigenvalue weighted by molar-refractivity contribution is -0.127. The number of nitrogens with zero attached hydrogens (tertiary/aromatic N) is 4. The van der Waals surface area contributed by atoms with E-state index in [1.807, 2.05) is 11.2 Å². The molecule has 3 aromatic heterocycles. The number of thiophene rings is 1. The molecule has 4 heterocycles. The number of carbonyl (C=O) groups is 1. The van der Waals surface area contributed by atoms with Crippen LogP contribution < -0.4 is 0 Å². The van der Waals surface area contributed by atoms with E-state index < -0.39 is 0 Å². The van der Waals surface area contributed by atoms with Crippen molar-refractivity contribution in [2.45, 2.75) is 62.1 Å². The van der Waals surface area contributed by atoms with Crippen molar-refractivity contribution in [3.63, 3.8) is 0 Å². The Morgan fingerprint density at radius 2 is 1.87 bits per heavy atom. The lowest BCUT2D eigenvalue weighted by atomic mass is 9.99. The van der Waals surface area contributed by atoms with Crippen molar-refractivity contribution in [3.8, 4) is 0 Å². The van der Waals surface area contributed by atoms with Gasteiger partial charge < -0.3 is 4.90 Å². The van der Waals surface area contributed by atoms with E-state index in [0.717, 1.165) is 64.0 Å². The Bertz CT molecular complexity index is 1130. The van der Waals surface area contributed by atoms with Gasteiger partial charge in [0.1, 0.15) is 9.86 Å². The Morgan fingerprint density at radius 3 is 2.60 bits per heavy atom. The second-order valence-corrected chi connectivity index (χ2v) is 11.1. The van der Waals surface area contributed by atoms with Crippen LogP contribution in [0, 0.1) is 0 Å². The molecule has 1 amide bonds.